The normalized spacial score (nSPS) is 13.1. The molecule has 0 aliphatic rings. The Balaban J connectivity index is 2.19. The van der Waals surface area contributed by atoms with E-state index in [1.807, 2.05) is 18.2 Å². The van der Waals surface area contributed by atoms with Crippen molar-refractivity contribution in [3.63, 3.8) is 0 Å². The number of ether oxygens (including phenoxy) is 1. The first kappa shape index (κ1) is 51.5. The summed E-state index contributed by atoms with van der Waals surface area (Å²) in [5.41, 5.74) is 0.693. The number of anilines is 1. The van der Waals surface area contributed by atoms with Crippen LogP contribution in [0.4, 0.5) is 5.69 Å². The second kappa shape index (κ2) is 40.6. The lowest BCUT2D eigenvalue weighted by molar-refractivity contribution is -0.134. The van der Waals surface area contributed by atoms with Crippen LogP contribution < -0.4 is 10.1 Å². The van der Waals surface area contributed by atoms with Gasteiger partial charge in [-0.2, -0.15) is 0 Å². The smallest absolute Gasteiger partial charge is 0.311 e. The van der Waals surface area contributed by atoms with E-state index in [2.05, 4.69) is 159 Å². The summed E-state index contributed by atoms with van der Waals surface area (Å²) < 4.78 is 5.44. The zero-order valence-electron chi connectivity index (χ0n) is 36.0. The van der Waals surface area contributed by atoms with E-state index in [4.69, 9.17) is 4.74 Å². The average Bonchev–Trinajstić information content (AvgIpc) is 3.24. The van der Waals surface area contributed by atoms with Crippen molar-refractivity contribution in [3.8, 4) is 5.75 Å². The Kier molecular flexibility index (Phi) is 35.5. The van der Waals surface area contributed by atoms with Crippen LogP contribution in [0.3, 0.4) is 0 Å². The minimum absolute atomic E-state index is 0.151. The molecule has 0 radical (unpaired) electrons. The van der Waals surface area contributed by atoms with E-state index in [1.54, 1.807) is 12.1 Å². The third-order valence-corrected chi connectivity index (χ3v) is 8.33. The lowest BCUT2D eigenvalue weighted by atomic mass is 10.2. The number of nitrogens with one attached hydrogen (secondary N) is 1. The van der Waals surface area contributed by atoms with Crippen molar-refractivity contribution in [1.29, 1.82) is 0 Å². The summed E-state index contributed by atoms with van der Waals surface area (Å²) >= 11 is 0. The third kappa shape index (κ3) is 34.2. The molecule has 1 aromatic rings. The summed E-state index contributed by atoms with van der Waals surface area (Å²) in [5.74, 6) is -0.384. The number of allylic oxidation sites excluding steroid dienone is 26. The molecule has 5 nitrogen and oxygen atoms in total. The van der Waals surface area contributed by atoms with Crippen LogP contribution in [0.2, 0.25) is 0 Å². The Bertz CT molecular complexity index is 1670. The van der Waals surface area contributed by atoms with Gasteiger partial charge in [0.05, 0.1) is 5.56 Å². The van der Waals surface area contributed by atoms with Crippen LogP contribution in [0.5, 0.6) is 5.75 Å². The fourth-order valence-corrected chi connectivity index (χ4v) is 5.17. The first-order valence-electron chi connectivity index (χ1n) is 21.6. The van der Waals surface area contributed by atoms with Gasteiger partial charge in [0.15, 0.2) is 6.29 Å². The molecular formula is C54H71NO4. The van der Waals surface area contributed by atoms with Gasteiger partial charge in [-0.25, -0.2) is 0 Å². The van der Waals surface area contributed by atoms with Gasteiger partial charge in [-0.05, 0) is 115 Å². The van der Waals surface area contributed by atoms with Gasteiger partial charge in [-0.3, -0.25) is 14.4 Å². The summed E-state index contributed by atoms with van der Waals surface area (Å²) in [6.07, 6.45) is 70.7. The predicted molar refractivity (Wildman–Crippen MR) is 255 cm³/mol. The topological polar surface area (TPSA) is 72.5 Å². The number of hydrogen-bond donors (Lipinski definition) is 1. The standard InChI is InChI=1S/C54H71NO4/c1-3-5-7-9-11-13-15-17-19-21-23-24-25-27-28-30-32-34-36-38-40-42-44-53(57)55-51-46-47-52(50(48-51)49-56)59-54(58)45-43-41-39-37-35-33-31-29-26-22-20-18-16-14-12-10-8-6-4-2/h5-8,11-14,17-20,23-24,26-29,32-35,38-41,46-49H,3-4,9-10,15-16,21-22,25,30-31,36-37,42-45H2,1-2H3,(H,55,57)/b7-5-,8-6-,13-11-,14-12-,19-17-,20-18-,24-23-,28-27-,29-26-,34-32-,35-33-,40-38-,41-39-. The van der Waals surface area contributed by atoms with Crippen LogP contribution in [-0.4, -0.2) is 18.2 Å². The highest BCUT2D eigenvalue weighted by atomic mass is 16.5. The second-order valence-electron chi connectivity index (χ2n) is 13.5. The number of carbonyl (C=O) groups is 3. The van der Waals surface area contributed by atoms with Crippen LogP contribution in [-0.2, 0) is 9.59 Å². The predicted octanol–water partition coefficient (Wildman–Crippen LogP) is 15.2. The number of aldehydes is 1. The minimum Gasteiger partial charge on any atom is -0.426 e. The molecule has 0 fully saturated rings. The lowest BCUT2D eigenvalue weighted by Crippen LogP contribution is -2.12. The van der Waals surface area contributed by atoms with E-state index in [1.165, 1.54) is 6.07 Å². The molecule has 1 aromatic carbocycles. The summed E-state index contributed by atoms with van der Waals surface area (Å²) in [4.78, 5) is 36.6. The van der Waals surface area contributed by atoms with Crippen LogP contribution >= 0.6 is 0 Å². The zero-order chi connectivity index (χ0) is 42.5. The first-order valence-corrected chi connectivity index (χ1v) is 21.6. The Morgan fingerprint density at radius 3 is 1.12 bits per heavy atom. The van der Waals surface area contributed by atoms with Crippen molar-refractivity contribution in [2.24, 2.45) is 0 Å². The zero-order valence-corrected chi connectivity index (χ0v) is 36.0. The van der Waals surface area contributed by atoms with Gasteiger partial charge in [0.1, 0.15) is 5.75 Å². The molecular weight excluding hydrogens is 727 g/mol. The molecule has 0 spiro atoms. The van der Waals surface area contributed by atoms with Gasteiger partial charge in [0.2, 0.25) is 5.91 Å². The van der Waals surface area contributed by atoms with Gasteiger partial charge in [0, 0.05) is 18.5 Å². The molecule has 0 unspecified atom stereocenters. The molecule has 0 heterocycles. The van der Waals surface area contributed by atoms with Crippen LogP contribution in [0.1, 0.15) is 133 Å². The Morgan fingerprint density at radius 2 is 0.780 bits per heavy atom. The van der Waals surface area contributed by atoms with Crippen molar-refractivity contribution in [2.45, 2.75) is 123 Å². The molecule has 0 aliphatic carbocycles. The van der Waals surface area contributed by atoms with Crippen LogP contribution in [0.15, 0.2) is 176 Å². The highest BCUT2D eigenvalue weighted by molar-refractivity contribution is 5.93. The Morgan fingerprint density at radius 1 is 0.458 bits per heavy atom. The number of hydrogen-bond acceptors (Lipinski definition) is 4. The molecule has 0 bridgehead atoms. The molecule has 0 saturated heterocycles. The summed E-state index contributed by atoms with van der Waals surface area (Å²) in [7, 11) is 0. The monoisotopic (exact) mass is 798 g/mol. The van der Waals surface area contributed by atoms with E-state index in [0.29, 0.717) is 31.2 Å². The molecule has 1 amide bonds. The van der Waals surface area contributed by atoms with E-state index >= 15 is 0 Å². The van der Waals surface area contributed by atoms with E-state index < -0.39 is 5.97 Å². The molecule has 0 atom stereocenters. The first-order chi connectivity index (χ1) is 29.1. The van der Waals surface area contributed by atoms with Crippen LogP contribution in [0, 0.1) is 0 Å². The van der Waals surface area contributed by atoms with E-state index in [9.17, 15) is 14.4 Å². The van der Waals surface area contributed by atoms with Gasteiger partial charge in [-0.15, -0.1) is 0 Å². The fraction of sp³-hybridized carbons (Fsp3) is 0.352. The van der Waals surface area contributed by atoms with Gasteiger partial charge in [0.25, 0.3) is 0 Å². The maximum atomic E-state index is 12.5. The SMILES string of the molecule is CC/C=C\C/C=C\C/C=C\C/C=C\C/C=C\C/C=C\C/C=C\CCC(=O)Nc1ccc(OC(=O)CC/C=C\C/C=C\C/C=C\C/C=C\C/C=C\C/C=C\CC)c(C=O)c1. The number of carbonyl (C=O) groups excluding carboxylic acids is 3. The molecule has 1 N–H and O–H groups in total. The maximum Gasteiger partial charge on any atom is 0.311 e. The van der Waals surface area contributed by atoms with Gasteiger partial charge < -0.3 is 10.1 Å². The second-order valence-corrected chi connectivity index (χ2v) is 13.5. The maximum absolute atomic E-state index is 12.5. The van der Waals surface area contributed by atoms with E-state index in [0.717, 1.165) is 83.5 Å². The van der Waals surface area contributed by atoms with Crippen molar-refractivity contribution in [1.82, 2.24) is 0 Å². The Hall–Kier alpha value is -5.55. The minimum atomic E-state index is -0.416. The number of rotatable bonds is 33. The largest absolute Gasteiger partial charge is 0.426 e. The van der Waals surface area contributed by atoms with Crippen molar-refractivity contribution in [2.75, 3.05) is 5.32 Å². The number of benzene rings is 1. The summed E-state index contributed by atoms with van der Waals surface area (Å²) in [6, 6.07) is 4.70. The quantitative estimate of drug-likeness (QED) is 0.0333. The van der Waals surface area contributed by atoms with Gasteiger partial charge in [-0.1, -0.05) is 172 Å². The molecule has 59 heavy (non-hydrogen) atoms. The highest BCUT2D eigenvalue weighted by Gasteiger charge is 2.11. The van der Waals surface area contributed by atoms with Crippen molar-refractivity contribution in [3.05, 3.63) is 182 Å². The van der Waals surface area contributed by atoms with Gasteiger partial charge >= 0.3 is 5.97 Å². The molecule has 316 valence electrons. The highest BCUT2D eigenvalue weighted by Crippen LogP contribution is 2.22. The average molecular weight is 798 g/mol. The van der Waals surface area contributed by atoms with E-state index in [-0.39, 0.29) is 23.6 Å². The number of amides is 1. The Labute approximate surface area is 357 Å². The lowest BCUT2D eigenvalue weighted by Gasteiger charge is -2.09. The summed E-state index contributed by atoms with van der Waals surface area (Å²) in [5, 5.41) is 2.82. The molecule has 0 aromatic heterocycles. The molecule has 5 heteroatoms. The molecule has 1 rings (SSSR count). The third-order valence-electron chi connectivity index (χ3n) is 8.33. The number of esters is 1. The van der Waals surface area contributed by atoms with Crippen molar-refractivity contribution >= 4 is 23.9 Å². The van der Waals surface area contributed by atoms with Crippen LogP contribution in [0.25, 0.3) is 0 Å². The fourth-order valence-electron chi connectivity index (χ4n) is 5.17. The van der Waals surface area contributed by atoms with Crippen molar-refractivity contribution < 1.29 is 19.1 Å². The molecule has 0 aliphatic heterocycles. The summed E-state index contributed by atoms with van der Waals surface area (Å²) in [6.45, 7) is 4.29. The molecule has 0 saturated carbocycles.